The van der Waals surface area contributed by atoms with E-state index in [0.29, 0.717) is 18.9 Å². The summed E-state index contributed by atoms with van der Waals surface area (Å²) in [7, 11) is 0. The van der Waals surface area contributed by atoms with Gasteiger partial charge in [-0.25, -0.2) is 0 Å². The van der Waals surface area contributed by atoms with Gasteiger partial charge in [-0.2, -0.15) is 16.7 Å². The lowest BCUT2D eigenvalue weighted by atomic mass is 10.2. The number of rotatable bonds is 3. The number of thioether (sulfide) groups is 1. The quantitative estimate of drug-likeness (QED) is 0.757. The van der Waals surface area contributed by atoms with Gasteiger partial charge in [0, 0.05) is 6.54 Å². The Bertz CT molecular complexity index is 305. The second-order valence-corrected chi connectivity index (χ2v) is 4.20. The monoisotopic (exact) mass is 215 g/mol. The van der Waals surface area contributed by atoms with E-state index in [1.54, 1.807) is 11.8 Å². The molecule has 0 unspecified atom stereocenters. The summed E-state index contributed by atoms with van der Waals surface area (Å²) in [6, 6.07) is 0.0214. The molecule has 0 aromatic carbocycles. The molecular weight excluding hydrogens is 202 g/mol. The van der Waals surface area contributed by atoms with Gasteiger partial charge in [0.25, 0.3) is 0 Å². The minimum Gasteiger partial charge on any atom is -0.392 e. The minimum atomic E-state index is -0.295. The normalized spacial score (nSPS) is 27.0. The lowest BCUT2D eigenvalue weighted by Gasteiger charge is -2.01. The summed E-state index contributed by atoms with van der Waals surface area (Å²) in [6.45, 7) is 0.602. The molecular formula is C8H13N3O2S. The summed E-state index contributed by atoms with van der Waals surface area (Å²) in [5.74, 6) is 2.07. The van der Waals surface area contributed by atoms with E-state index in [9.17, 15) is 5.11 Å². The average molecular weight is 215 g/mol. The zero-order valence-corrected chi connectivity index (χ0v) is 8.75. The molecule has 0 spiro atoms. The Hall–Kier alpha value is -0.590. The van der Waals surface area contributed by atoms with E-state index in [-0.39, 0.29) is 12.1 Å². The van der Waals surface area contributed by atoms with Crippen molar-refractivity contribution in [2.24, 2.45) is 0 Å². The van der Waals surface area contributed by atoms with Crippen LogP contribution < -0.4 is 5.32 Å². The van der Waals surface area contributed by atoms with Crippen LogP contribution in [0, 0.1) is 0 Å². The Morgan fingerprint density at radius 3 is 3.21 bits per heavy atom. The zero-order chi connectivity index (χ0) is 9.97. The number of aromatic nitrogens is 2. The van der Waals surface area contributed by atoms with Crippen molar-refractivity contribution >= 4 is 11.8 Å². The summed E-state index contributed by atoms with van der Waals surface area (Å²) in [6.07, 6.45) is 2.35. The summed E-state index contributed by atoms with van der Waals surface area (Å²) in [5, 5.41) is 16.3. The van der Waals surface area contributed by atoms with E-state index in [1.165, 1.54) is 0 Å². The fraction of sp³-hybridized carbons (Fsp3) is 0.750. The largest absolute Gasteiger partial charge is 0.392 e. The molecule has 14 heavy (non-hydrogen) atoms. The topological polar surface area (TPSA) is 71.2 Å². The van der Waals surface area contributed by atoms with E-state index in [1.807, 2.05) is 6.26 Å². The number of aliphatic hydroxyl groups excluding tert-OH is 1. The predicted octanol–water partition coefficient (Wildman–Crippen LogP) is 0.328. The molecule has 1 saturated heterocycles. The summed E-state index contributed by atoms with van der Waals surface area (Å²) in [4.78, 5) is 4.24. The molecule has 2 atom stereocenters. The lowest BCUT2D eigenvalue weighted by Crippen LogP contribution is -2.15. The third kappa shape index (κ3) is 2.08. The molecule has 2 N–H and O–H groups in total. The van der Waals surface area contributed by atoms with Gasteiger partial charge in [0.05, 0.1) is 17.9 Å². The first-order valence-corrected chi connectivity index (χ1v) is 5.92. The molecule has 0 bridgehead atoms. The van der Waals surface area contributed by atoms with Crippen molar-refractivity contribution in [3.63, 3.8) is 0 Å². The highest BCUT2D eigenvalue weighted by Crippen LogP contribution is 2.22. The Balaban J connectivity index is 2.02. The van der Waals surface area contributed by atoms with Gasteiger partial charge in [0.1, 0.15) is 0 Å². The molecule has 0 aliphatic carbocycles. The maximum Gasteiger partial charge on any atom is 0.243 e. The van der Waals surface area contributed by atoms with Gasteiger partial charge in [-0.05, 0) is 12.7 Å². The summed E-state index contributed by atoms with van der Waals surface area (Å²) in [5.41, 5.74) is 0. The number of hydrogen-bond acceptors (Lipinski definition) is 6. The Morgan fingerprint density at radius 2 is 2.57 bits per heavy atom. The molecule has 1 aromatic rings. The fourth-order valence-corrected chi connectivity index (χ4v) is 1.88. The number of β-amino-alcohol motifs (C(OH)–C–C–N with tert-alkyl or cyclic N) is 1. The van der Waals surface area contributed by atoms with Gasteiger partial charge in [-0.1, -0.05) is 5.16 Å². The Kier molecular flexibility index (Phi) is 3.05. The molecule has 1 aromatic heterocycles. The average Bonchev–Trinajstić information content (AvgIpc) is 2.74. The van der Waals surface area contributed by atoms with Crippen molar-refractivity contribution < 1.29 is 9.63 Å². The summed E-state index contributed by atoms with van der Waals surface area (Å²) < 4.78 is 5.10. The summed E-state index contributed by atoms with van der Waals surface area (Å²) >= 11 is 1.66. The Morgan fingerprint density at radius 1 is 1.71 bits per heavy atom. The second kappa shape index (κ2) is 4.29. The van der Waals surface area contributed by atoms with Gasteiger partial charge in [-0.15, -0.1) is 0 Å². The molecule has 2 heterocycles. The van der Waals surface area contributed by atoms with Crippen LogP contribution in [0.3, 0.4) is 0 Å². The lowest BCUT2D eigenvalue weighted by molar-refractivity contribution is 0.191. The Labute approximate surface area is 86.3 Å². The highest BCUT2D eigenvalue weighted by Gasteiger charge is 2.27. The fourth-order valence-electron chi connectivity index (χ4n) is 1.50. The van der Waals surface area contributed by atoms with Gasteiger partial charge >= 0.3 is 0 Å². The van der Waals surface area contributed by atoms with Crippen molar-refractivity contribution in [1.29, 1.82) is 0 Å². The third-order valence-electron chi connectivity index (χ3n) is 2.16. The molecule has 6 heteroatoms. The molecule has 1 aliphatic rings. The molecule has 2 rings (SSSR count). The highest BCUT2D eigenvalue weighted by molar-refractivity contribution is 7.97. The second-order valence-electron chi connectivity index (χ2n) is 3.33. The number of nitrogens with zero attached hydrogens (tertiary/aromatic N) is 2. The van der Waals surface area contributed by atoms with Crippen LogP contribution in [0.15, 0.2) is 4.52 Å². The smallest absolute Gasteiger partial charge is 0.243 e. The van der Waals surface area contributed by atoms with Crippen molar-refractivity contribution in [2.75, 3.05) is 12.8 Å². The van der Waals surface area contributed by atoms with Crippen LogP contribution >= 0.6 is 11.8 Å². The molecule has 5 nitrogen and oxygen atoms in total. The van der Waals surface area contributed by atoms with E-state index >= 15 is 0 Å². The third-order valence-corrected chi connectivity index (χ3v) is 2.71. The van der Waals surface area contributed by atoms with Crippen LogP contribution in [0.25, 0.3) is 0 Å². The number of nitrogens with one attached hydrogen (secondary N) is 1. The first-order valence-electron chi connectivity index (χ1n) is 4.52. The molecule has 1 aliphatic heterocycles. The zero-order valence-electron chi connectivity index (χ0n) is 7.93. The van der Waals surface area contributed by atoms with Gasteiger partial charge < -0.3 is 14.9 Å². The van der Waals surface area contributed by atoms with E-state index in [2.05, 4.69) is 15.5 Å². The molecule has 0 radical (unpaired) electrons. The van der Waals surface area contributed by atoms with Crippen LogP contribution in [0.5, 0.6) is 0 Å². The van der Waals surface area contributed by atoms with Crippen molar-refractivity contribution in [2.45, 2.75) is 24.3 Å². The maximum absolute atomic E-state index is 9.31. The molecule has 78 valence electrons. The van der Waals surface area contributed by atoms with Crippen LogP contribution in [0.1, 0.15) is 24.2 Å². The van der Waals surface area contributed by atoms with Crippen LogP contribution in [0.4, 0.5) is 0 Å². The van der Waals surface area contributed by atoms with Crippen molar-refractivity contribution in [3.05, 3.63) is 11.7 Å². The molecule has 0 saturated carbocycles. The maximum atomic E-state index is 9.31. The standard InChI is InChI=1S/C8H13N3O2S/c1-14-4-7-10-8(13-11-7)6-2-5(12)3-9-6/h5-6,9,12H,2-4H2,1H3/t5-,6-/m0/s1. The van der Waals surface area contributed by atoms with Gasteiger partial charge in [0.2, 0.25) is 5.89 Å². The van der Waals surface area contributed by atoms with Gasteiger partial charge in [0.15, 0.2) is 5.82 Å². The number of hydrogen-bond donors (Lipinski definition) is 2. The molecule has 0 amide bonds. The first kappa shape index (κ1) is 9.95. The van der Waals surface area contributed by atoms with Crippen molar-refractivity contribution in [1.82, 2.24) is 15.5 Å². The van der Waals surface area contributed by atoms with Crippen LogP contribution in [0.2, 0.25) is 0 Å². The number of aliphatic hydroxyl groups is 1. The van der Waals surface area contributed by atoms with E-state index in [4.69, 9.17) is 4.52 Å². The van der Waals surface area contributed by atoms with Crippen molar-refractivity contribution in [3.8, 4) is 0 Å². The first-order chi connectivity index (χ1) is 6.79. The van der Waals surface area contributed by atoms with Gasteiger partial charge in [-0.3, -0.25) is 0 Å². The minimum absolute atomic E-state index is 0.0214. The van der Waals surface area contributed by atoms with Crippen LogP contribution in [-0.2, 0) is 5.75 Å². The van der Waals surface area contributed by atoms with E-state index < -0.39 is 0 Å². The SMILES string of the molecule is CSCc1noc([C@@H]2C[C@H](O)CN2)n1. The van der Waals surface area contributed by atoms with Crippen LogP contribution in [-0.4, -0.2) is 34.2 Å². The van der Waals surface area contributed by atoms with E-state index in [0.717, 1.165) is 11.6 Å². The molecule has 1 fully saturated rings. The highest BCUT2D eigenvalue weighted by atomic mass is 32.2. The predicted molar refractivity (Wildman–Crippen MR) is 52.9 cm³/mol.